The molecule has 0 radical (unpaired) electrons. The third-order valence-corrected chi connectivity index (χ3v) is 3.49. The average molecular weight is 263 g/mol. The van der Waals surface area contributed by atoms with Gasteiger partial charge in [-0.2, -0.15) is 0 Å². The summed E-state index contributed by atoms with van der Waals surface area (Å²) >= 11 is 0. The predicted octanol–water partition coefficient (Wildman–Crippen LogP) is 1.48. The van der Waals surface area contributed by atoms with Gasteiger partial charge >= 0.3 is 0 Å². The molecule has 1 aromatic heterocycles. The Bertz CT molecular complexity index is 436. The fraction of sp³-hybridized carbons (Fsp3) is 0.571. The van der Waals surface area contributed by atoms with Gasteiger partial charge in [0, 0.05) is 38.9 Å². The van der Waals surface area contributed by atoms with Gasteiger partial charge in [-0.05, 0) is 25.0 Å². The third-order valence-electron chi connectivity index (χ3n) is 3.49. The number of nitrogens with one attached hydrogen (secondary N) is 1. The van der Waals surface area contributed by atoms with Crippen LogP contribution in [0, 0.1) is 0 Å². The Balaban J connectivity index is 2.05. The second kappa shape index (κ2) is 6.52. The zero-order valence-electron chi connectivity index (χ0n) is 11.6. The van der Waals surface area contributed by atoms with E-state index < -0.39 is 0 Å². The number of ether oxygens (including phenoxy) is 1. The highest BCUT2D eigenvalue weighted by Gasteiger charge is 2.25. The van der Waals surface area contributed by atoms with Gasteiger partial charge in [-0.1, -0.05) is 6.07 Å². The second-order valence-corrected chi connectivity index (χ2v) is 4.81. The maximum absolute atomic E-state index is 11.9. The van der Waals surface area contributed by atoms with Crippen LogP contribution in [0.25, 0.3) is 0 Å². The van der Waals surface area contributed by atoms with E-state index in [0.29, 0.717) is 5.92 Å². The molecule has 0 aliphatic carbocycles. The first-order valence-electron chi connectivity index (χ1n) is 6.66. The number of likely N-dealkylation sites (tertiary alicyclic amines) is 1. The molecule has 0 bridgehead atoms. The van der Waals surface area contributed by atoms with Crippen LogP contribution in [0.2, 0.25) is 0 Å². The van der Waals surface area contributed by atoms with E-state index in [9.17, 15) is 4.79 Å². The molecule has 5 heteroatoms. The molecule has 2 rings (SSSR count). The summed E-state index contributed by atoms with van der Waals surface area (Å²) in [5.74, 6) is 1.26. The van der Waals surface area contributed by atoms with E-state index in [2.05, 4.69) is 10.3 Å². The van der Waals surface area contributed by atoms with E-state index in [1.165, 1.54) is 0 Å². The molecule has 1 saturated heterocycles. The van der Waals surface area contributed by atoms with Gasteiger partial charge in [0.05, 0.1) is 0 Å². The van der Waals surface area contributed by atoms with Gasteiger partial charge in [-0.25, -0.2) is 4.98 Å². The van der Waals surface area contributed by atoms with Gasteiger partial charge in [0.25, 0.3) is 0 Å². The van der Waals surface area contributed by atoms with E-state index in [1.54, 1.807) is 7.11 Å². The summed E-state index contributed by atoms with van der Waals surface area (Å²) in [6, 6.07) is 5.99. The predicted molar refractivity (Wildman–Crippen MR) is 74.2 cm³/mol. The van der Waals surface area contributed by atoms with Gasteiger partial charge < -0.3 is 15.0 Å². The fourth-order valence-electron chi connectivity index (χ4n) is 2.48. The van der Waals surface area contributed by atoms with Crippen LogP contribution in [-0.2, 0) is 9.53 Å². The molecule has 0 saturated carbocycles. The topological polar surface area (TPSA) is 54.5 Å². The summed E-state index contributed by atoms with van der Waals surface area (Å²) in [5, 5.41) is 3.05. The van der Waals surface area contributed by atoms with Gasteiger partial charge in [-0.3, -0.25) is 4.79 Å². The molecule has 1 amide bonds. The number of carbonyl (C=O) groups excluding carboxylic acids is 1. The van der Waals surface area contributed by atoms with E-state index in [1.807, 2.05) is 30.1 Å². The van der Waals surface area contributed by atoms with Crippen LogP contribution in [0.3, 0.4) is 0 Å². The molecule has 1 N–H and O–H groups in total. The first kappa shape index (κ1) is 13.8. The lowest BCUT2D eigenvalue weighted by atomic mass is 9.94. The minimum absolute atomic E-state index is 0.0666. The third kappa shape index (κ3) is 3.44. The molecule has 0 spiro atoms. The lowest BCUT2D eigenvalue weighted by Gasteiger charge is -2.32. The van der Waals surface area contributed by atoms with Gasteiger partial charge in [0.1, 0.15) is 12.4 Å². The zero-order valence-corrected chi connectivity index (χ0v) is 11.6. The van der Waals surface area contributed by atoms with E-state index in [-0.39, 0.29) is 12.5 Å². The summed E-state index contributed by atoms with van der Waals surface area (Å²) in [5.41, 5.74) is 1.06. The highest BCUT2D eigenvalue weighted by molar-refractivity contribution is 5.77. The van der Waals surface area contributed by atoms with Crippen LogP contribution < -0.4 is 5.32 Å². The van der Waals surface area contributed by atoms with Crippen LogP contribution in [0.1, 0.15) is 24.5 Å². The number of amides is 1. The number of methoxy groups -OCH3 is 1. The number of rotatable bonds is 4. The number of aromatic nitrogens is 1. The van der Waals surface area contributed by atoms with Crippen molar-refractivity contribution in [2.24, 2.45) is 0 Å². The standard InChI is InChI=1S/C14H21N3O2/c1-15-13-7-3-6-12(16-13)11-5-4-8-17(9-11)14(18)10-19-2/h3,6-7,11H,4-5,8-10H2,1-2H3,(H,15,16). The normalized spacial score (nSPS) is 19.3. The van der Waals surface area contributed by atoms with Crippen molar-refractivity contribution < 1.29 is 9.53 Å². The molecule has 2 heterocycles. The van der Waals surface area contributed by atoms with Crippen molar-refractivity contribution in [3.8, 4) is 0 Å². The van der Waals surface area contributed by atoms with Crippen molar-refractivity contribution in [1.29, 1.82) is 0 Å². The summed E-state index contributed by atoms with van der Waals surface area (Å²) in [6.45, 7) is 1.73. The monoisotopic (exact) mass is 263 g/mol. The van der Waals surface area contributed by atoms with Crippen molar-refractivity contribution in [3.05, 3.63) is 23.9 Å². The van der Waals surface area contributed by atoms with E-state index in [0.717, 1.165) is 37.4 Å². The molecule has 104 valence electrons. The number of nitrogens with zero attached hydrogens (tertiary/aromatic N) is 2. The second-order valence-electron chi connectivity index (χ2n) is 4.81. The first-order chi connectivity index (χ1) is 9.24. The molecule has 1 atom stereocenters. The van der Waals surface area contributed by atoms with E-state index >= 15 is 0 Å². The number of hydrogen-bond acceptors (Lipinski definition) is 4. The molecular weight excluding hydrogens is 242 g/mol. The molecule has 0 aromatic carbocycles. The molecule has 1 aliphatic heterocycles. The molecule has 1 fully saturated rings. The largest absolute Gasteiger partial charge is 0.375 e. The first-order valence-corrected chi connectivity index (χ1v) is 6.66. The van der Waals surface area contributed by atoms with Crippen molar-refractivity contribution in [2.45, 2.75) is 18.8 Å². The molecule has 19 heavy (non-hydrogen) atoms. The van der Waals surface area contributed by atoms with Gasteiger partial charge in [-0.15, -0.1) is 0 Å². The van der Waals surface area contributed by atoms with Crippen molar-refractivity contribution in [3.63, 3.8) is 0 Å². The van der Waals surface area contributed by atoms with Crippen LogP contribution >= 0.6 is 0 Å². The number of pyridine rings is 1. The summed E-state index contributed by atoms with van der Waals surface area (Å²) < 4.78 is 4.92. The summed E-state index contributed by atoms with van der Waals surface area (Å²) in [6.07, 6.45) is 2.10. The van der Waals surface area contributed by atoms with Gasteiger partial charge in [0.15, 0.2) is 0 Å². The van der Waals surface area contributed by atoms with Gasteiger partial charge in [0.2, 0.25) is 5.91 Å². The number of piperidine rings is 1. The smallest absolute Gasteiger partial charge is 0.248 e. The Labute approximate surface area is 114 Å². The van der Waals surface area contributed by atoms with Crippen molar-refractivity contribution in [2.75, 3.05) is 39.2 Å². The Morgan fingerprint density at radius 1 is 1.58 bits per heavy atom. The minimum atomic E-state index is 0.0666. The Hall–Kier alpha value is -1.62. The van der Waals surface area contributed by atoms with Crippen molar-refractivity contribution >= 4 is 11.7 Å². The lowest BCUT2D eigenvalue weighted by molar-refractivity contribution is -0.136. The average Bonchev–Trinajstić information content (AvgIpc) is 2.48. The summed E-state index contributed by atoms with van der Waals surface area (Å²) in [4.78, 5) is 18.3. The maximum Gasteiger partial charge on any atom is 0.248 e. The molecule has 1 aromatic rings. The van der Waals surface area contributed by atoms with Crippen LogP contribution in [-0.4, -0.2) is 49.6 Å². The summed E-state index contributed by atoms with van der Waals surface area (Å²) in [7, 11) is 3.42. The van der Waals surface area contributed by atoms with E-state index in [4.69, 9.17) is 4.74 Å². The Kier molecular flexibility index (Phi) is 4.74. The quantitative estimate of drug-likeness (QED) is 0.894. The maximum atomic E-state index is 11.9. The number of carbonyl (C=O) groups is 1. The molecular formula is C14H21N3O2. The molecule has 1 unspecified atom stereocenters. The zero-order chi connectivity index (χ0) is 13.7. The Morgan fingerprint density at radius 3 is 3.16 bits per heavy atom. The van der Waals surface area contributed by atoms with Crippen LogP contribution in [0.5, 0.6) is 0 Å². The van der Waals surface area contributed by atoms with Crippen LogP contribution in [0.15, 0.2) is 18.2 Å². The lowest BCUT2D eigenvalue weighted by Crippen LogP contribution is -2.41. The highest BCUT2D eigenvalue weighted by atomic mass is 16.5. The molecule has 5 nitrogen and oxygen atoms in total. The Morgan fingerprint density at radius 2 is 2.42 bits per heavy atom. The SMILES string of the molecule is CNc1cccc(C2CCCN(C(=O)COC)C2)n1. The number of anilines is 1. The van der Waals surface area contributed by atoms with Crippen molar-refractivity contribution in [1.82, 2.24) is 9.88 Å². The number of hydrogen-bond donors (Lipinski definition) is 1. The molecule has 1 aliphatic rings. The fourth-order valence-corrected chi connectivity index (χ4v) is 2.48. The highest BCUT2D eigenvalue weighted by Crippen LogP contribution is 2.26. The minimum Gasteiger partial charge on any atom is -0.375 e. The van der Waals surface area contributed by atoms with Crippen LogP contribution in [0.4, 0.5) is 5.82 Å².